The smallest absolute Gasteiger partial charge is 0.434 e. The lowest BCUT2D eigenvalue weighted by molar-refractivity contribution is 0.479. The second-order valence-electron chi connectivity index (χ2n) is 14.0. The van der Waals surface area contributed by atoms with E-state index in [2.05, 4.69) is 156 Å². The summed E-state index contributed by atoms with van der Waals surface area (Å²) in [7, 11) is 0. The van der Waals surface area contributed by atoms with Crippen molar-refractivity contribution in [3.05, 3.63) is 170 Å². The third-order valence-corrected chi connectivity index (χ3v) is 11.1. The van der Waals surface area contributed by atoms with Crippen LogP contribution in [0.4, 0.5) is 0 Å². The number of rotatable bonds is 3. The highest BCUT2D eigenvalue weighted by Crippen LogP contribution is 2.44. The predicted molar refractivity (Wildman–Crippen MR) is 217 cm³/mol. The Labute approximate surface area is 305 Å². The first-order valence-corrected chi connectivity index (χ1v) is 18.0. The first-order chi connectivity index (χ1) is 26.3. The van der Waals surface area contributed by atoms with Crippen LogP contribution in [0, 0.1) is 0 Å². The number of aromatic nitrogens is 1. The molecule has 4 heterocycles. The standard InChI is InChI=1S/C48H28BNO3/c1-6-19-40(50-41-20-7-2-13-33(41)34-14-3-8-21-42(34)50)31(12-1)29-24-25-45-39(27-29)49-47-38(36-16-5-10-23-44(36)53-49)26-30(28-46(47)51-45)32-17-11-18-37-35-15-4-9-22-43(35)52-48(32)37/h1-28H. The van der Waals surface area contributed by atoms with Gasteiger partial charge in [0.25, 0.3) is 0 Å². The fraction of sp³-hybridized carbons (Fsp3) is 0. The van der Waals surface area contributed by atoms with Crippen molar-refractivity contribution in [1.29, 1.82) is 0 Å². The van der Waals surface area contributed by atoms with E-state index in [0.717, 1.165) is 89.2 Å². The van der Waals surface area contributed by atoms with Crippen molar-refractivity contribution in [2.75, 3.05) is 0 Å². The summed E-state index contributed by atoms with van der Waals surface area (Å²) in [5.41, 5.74) is 13.8. The number of ether oxygens (including phenoxy) is 1. The minimum atomic E-state index is -0.338. The van der Waals surface area contributed by atoms with Gasteiger partial charge in [0.2, 0.25) is 0 Å². The van der Waals surface area contributed by atoms with Crippen LogP contribution >= 0.6 is 0 Å². The molecular weight excluding hydrogens is 649 g/mol. The highest BCUT2D eigenvalue weighted by molar-refractivity contribution is 6.84. The molecule has 12 rings (SSSR count). The molecule has 53 heavy (non-hydrogen) atoms. The van der Waals surface area contributed by atoms with E-state index in [1.165, 1.54) is 21.8 Å². The largest absolute Gasteiger partial charge is 0.551 e. The Morgan fingerprint density at radius 2 is 1.11 bits per heavy atom. The molecule has 0 bridgehead atoms. The summed E-state index contributed by atoms with van der Waals surface area (Å²) in [6, 6.07) is 59.9. The molecule has 0 N–H and O–H groups in total. The topological polar surface area (TPSA) is 36.5 Å². The highest BCUT2D eigenvalue weighted by atomic mass is 16.5. The SMILES string of the molecule is c1ccc2c(c1)OB1c3cc(-c4ccccc4-n4c5ccccc5c5ccccc54)ccc3Oc3cc(-c4cccc5c4oc4ccccc45)cc-2c31. The van der Waals surface area contributed by atoms with E-state index < -0.39 is 0 Å². The molecule has 0 spiro atoms. The van der Waals surface area contributed by atoms with Crippen LogP contribution in [0.25, 0.3) is 82.8 Å². The van der Waals surface area contributed by atoms with Crippen LogP contribution < -0.4 is 20.3 Å². The van der Waals surface area contributed by atoms with E-state index in [-0.39, 0.29) is 6.92 Å². The molecule has 2 aliphatic heterocycles. The zero-order valence-corrected chi connectivity index (χ0v) is 28.4. The van der Waals surface area contributed by atoms with Crippen LogP contribution in [-0.4, -0.2) is 11.5 Å². The first kappa shape index (κ1) is 28.7. The average Bonchev–Trinajstić information content (AvgIpc) is 3.77. The Kier molecular flexibility index (Phi) is 5.83. The lowest BCUT2D eigenvalue weighted by atomic mass is 9.50. The Balaban J connectivity index is 1.04. The minimum absolute atomic E-state index is 0.338. The van der Waals surface area contributed by atoms with Crippen molar-refractivity contribution in [1.82, 2.24) is 4.57 Å². The van der Waals surface area contributed by atoms with E-state index in [0.29, 0.717) is 0 Å². The monoisotopic (exact) mass is 677 g/mol. The number of fused-ring (bicyclic) bond motifs is 10. The number of furan rings is 1. The zero-order chi connectivity index (χ0) is 34.6. The molecule has 5 heteroatoms. The lowest BCUT2D eigenvalue weighted by Crippen LogP contribution is -2.53. The van der Waals surface area contributed by atoms with E-state index in [4.69, 9.17) is 13.8 Å². The van der Waals surface area contributed by atoms with Crippen molar-refractivity contribution in [2.45, 2.75) is 0 Å². The first-order valence-electron chi connectivity index (χ1n) is 18.0. The van der Waals surface area contributed by atoms with Crippen molar-refractivity contribution in [3.63, 3.8) is 0 Å². The molecule has 0 fully saturated rings. The van der Waals surface area contributed by atoms with Crippen LogP contribution in [0.1, 0.15) is 0 Å². The summed E-state index contributed by atoms with van der Waals surface area (Å²) < 4.78 is 22.7. The number of benzene rings is 8. The maximum Gasteiger partial charge on any atom is 0.434 e. The molecule has 10 aromatic rings. The maximum absolute atomic E-state index is 6.93. The molecule has 0 saturated heterocycles. The number of nitrogens with zero attached hydrogens (tertiary/aromatic N) is 1. The Morgan fingerprint density at radius 3 is 1.96 bits per heavy atom. The van der Waals surface area contributed by atoms with E-state index in [1.807, 2.05) is 18.2 Å². The second kappa shape index (κ2) is 10.8. The fourth-order valence-electron chi connectivity index (χ4n) is 8.76. The van der Waals surface area contributed by atoms with Gasteiger partial charge in [-0.1, -0.05) is 121 Å². The molecule has 0 saturated carbocycles. The van der Waals surface area contributed by atoms with E-state index in [1.54, 1.807) is 0 Å². The van der Waals surface area contributed by atoms with Gasteiger partial charge in [-0.15, -0.1) is 0 Å². The van der Waals surface area contributed by atoms with Gasteiger partial charge in [0.1, 0.15) is 28.4 Å². The summed E-state index contributed by atoms with van der Waals surface area (Å²) in [5, 5.41) is 4.70. The maximum atomic E-state index is 6.93. The van der Waals surface area contributed by atoms with Crippen LogP contribution in [-0.2, 0) is 0 Å². The van der Waals surface area contributed by atoms with E-state index in [9.17, 15) is 0 Å². The summed E-state index contributed by atoms with van der Waals surface area (Å²) in [6.07, 6.45) is 0. The zero-order valence-electron chi connectivity index (χ0n) is 28.4. The Hall–Kier alpha value is -6.98. The Morgan fingerprint density at radius 1 is 0.434 bits per heavy atom. The Bertz CT molecular complexity index is 3100. The molecule has 0 radical (unpaired) electrons. The predicted octanol–water partition coefficient (Wildman–Crippen LogP) is 11.3. The molecule has 0 aliphatic carbocycles. The van der Waals surface area contributed by atoms with Gasteiger partial charge in [0, 0.05) is 49.2 Å². The van der Waals surface area contributed by atoms with Crippen molar-refractivity contribution in [2.24, 2.45) is 0 Å². The van der Waals surface area contributed by atoms with Crippen LogP contribution in [0.3, 0.4) is 0 Å². The van der Waals surface area contributed by atoms with Gasteiger partial charge in [0.05, 0.1) is 16.7 Å². The van der Waals surface area contributed by atoms with Crippen molar-refractivity contribution in [3.8, 4) is 56.3 Å². The number of hydrogen-bond acceptors (Lipinski definition) is 3. The number of para-hydroxylation sites is 6. The van der Waals surface area contributed by atoms with Gasteiger partial charge in [0.15, 0.2) is 0 Å². The summed E-state index contributed by atoms with van der Waals surface area (Å²) in [5.74, 6) is 2.46. The molecule has 8 aromatic carbocycles. The van der Waals surface area contributed by atoms with Crippen LogP contribution in [0.15, 0.2) is 174 Å². The van der Waals surface area contributed by atoms with E-state index >= 15 is 0 Å². The molecule has 246 valence electrons. The molecule has 0 amide bonds. The summed E-state index contributed by atoms with van der Waals surface area (Å²) in [4.78, 5) is 0. The van der Waals surface area contributed by atoms with Gasteiger partial charge >= 0.3 is 6.92 Å². The summed E-state index contributed by atoms with van der Waals surface area (Å²) in [6.45, 7) is -0.338. The lowest BCUT2D eigenvalue weighted by Gasteiger charge is -2.33. The molecule has 2 aromatic heterocycles. The molecule has 2 aliphatic rings. The summed E-state index contributed by atoms with van der Waals surface area (Å²) >= 11 is 0. The van der Waals surface area contributed by atoms with Gasteiger partial charge in [-0.05, 0) is 65.2 Å². The van der Waals surface area contributed by atoms with Gasteiger partial charge in [-0.2, -0.15) is 0 Å². The second-order valence-corrected chi connectivity index (χ2v) is 14.0. The van der Waals surface area contributed by atoms with Gasteiger partial charge in [-0.3, -0.25) is 0 Å². The molecule has 4 nitrogen and oxygen atoms in total. The molecular formula is C48H28BNO3. The van der Waals surface area contributed by atoms with Crippen molar-refractivity contribution >= 4 is 61.6 Å². The average molecular weight is 678 g/mol. The molecule has 0 atom stereocenters. The van der Waals surface area contributed by atoms with Gasteiger partial charge in [-0.25, -0.2) is 0 Å². The quantitative estimate of drug-likeness (QED) is 0.175. The highest BCUT2D eigenvalue weighted by Gasteiger charge is 2.41. The van der Waals surface area contributed by atoms with Crippen LogP contribution in [0.5, 0.6) is 17.2 Å². The van der Waals surface area contributed by atoms with Crippen LogP contribution in [0.2, 0.25) is 0 Å². The van der Waals surface area contributed by atoms with Gasteiger partial charge < -0.3 is 18.4 Å². The minimum Gasteiger partial charge on any atom is -0.551 e. The normalized spacial score (nSPS) is 12.8. The third kappa shape index (κ3) is 4.07. The third-order valence-electron chi connectivity index (χ3n) is 11.1. The molecule has 0 unspecified atom stereocenters. The fourth-order valence-corrected chi connectivity index (χ4v) is 8.76. The number of hydrogen-bond donors (Lipinski definition) is 0. The van der Waals surface area contributed by atoms with Crippen molar-refractivity contribution < 1.29 is 13.8 Å².